The monoisotopic (exact) mass is 355 g/mol. The lowest BCUT2D eigenvalue weighted by Crippen LogP contribution is -2.01. The van der Waals surface area contributed by atoms with Gasteiger partial charge in [0.15, 0.2) is 0 Å². The van der Waals surface area contributed by atoms with Crippen molar-refractivity contribution in [1.82, 2.24) is 9.97 Å². The first-order valence-corrected chi connectivity index (χ1v) is 9.14. The molecule has 2 aromatic rings. The van der Waals surface area contributed by atoms with Crippen LogP contribution in [-0.2, 0) is 6.42 Å². The molecule has 1 aliphatic rings. The van der Waals surface area contributed by atoms with Gasteiger partial charge in [0.25, 0.3) is 0 Å². The number of benzene rings is 1. The molecule has 3 rings (SSSR count). The predicted octanol–water partition coefficient (Wildman–Crippen LogP) is 5.09. The number of unbranched alkanes of at least 4 members (excludes halogenated alkanes) is 1. The molecule has 27 heavy (non-hydrogen) atoms. The van der Waals surface area contributed by atoms with Gasteiger partial charge < -0.3 is 0 Å². The number of aryl methyl sites for hydroxylation is 1. The van der Waals surface area contributed by atoms with Crippen molar-refractivity contribution >= 4 is 11.9 Å². The summed E-state index contributed by atoms with van der Waals surface area (Å²) in [6.07, 6.45) is 14.0. The van der Waals surface area contributed by atoms with Crippen LogP contribution in [0, 0.1) is 11.3 Å². The zero-order valence-corrected chi connectivity index (χ0v) is 15.4. The number of carbonyl (C=O) groups excluding carboxylic acids is 1. The zero-order chi connectivity index (χ0) is 19.1. The minimum absolute atomic E-state index is 0.620. The summed E-state index contributed by atoms with van der Waals surface area (Å²) in [6, 6.07) is 9.57. The molecule has 0 amide bonds. The summed E-state index contributed by atoms with van der Waals surface area (Å²) in [5, 5.41) is 9.12. The number of nitriles is 1. The Balaban J connectivity index is 2.08. The summed E-state index contributed by atoms with van der Waals surface area (Å²) in [4.78, 5) is 20.6. The lowest BCUT2D eigenvalue weighted by atomic mass is 10.0. The molecule has 0 saturated heterocycles. The van der Waals surface area contributed by atoms with Gasteiger partial charge in [-0.3, -0.25) is 9.78 Å². The molecule has 4 heteroatoms. The molecule has 0 unspecified atom stereocenters. The van der Waals surface area contributed by atoms with Crippen molar-refractivity contribution in [2.45, 2.75) is 32.6 Å². The smallest absolute Gasteiger partial charge is 0.150 e. The number of aldehydes is 1. The van der Waals surface area contributed by atoms with E-state index in [1.165, 1.54) is 0 Å². The van der Waals surface area contributed by atoms with Gasteiger partial charge in [0, 0.05) is 17.3 Å². The molecule has 134 valence electrons. The first-order valence-electron chi connectivity index (χ1n) is 9.14. The Kier molecular flexibility index (Phi) is 6.06. The maximum Gasteiger partial charge on any atom is 0.150 e. The highest BCUT2D eigenvalue weighted by Gasteiger charge is 2.14. The normalized spacial score (nSPS) is 13.3. The molecule has 4 nitrogen and oxygen atoms in total. The standard InChI is InChI=1S/C23H21N3O/c1-2-3-7-21-15-25-22(19-6-4-5-17(14-24)8-11-19)23(26-21)20-12-9-18(16-27)10-13-20/h4-5,8-13,15-16H,2-3,6-7H2,1H3. The van der Waals surface area contributed by atoms with Crippen molar-refractivity contribution in [2.75, 3.05) is 0 Å². The highest BCUT2D eigenvalue weighted by Crippen LogP contribution is 2.29. The van der Waals surface area contributed by atoms with E-state index < -0.39 is 0 Å². The summed E-state index contributed by atoms with van der Waals surface area (Å²) in [5.74, 6) is 0. The van der Waals surface area contributed by atoms with Gasteiger partial charge in [-0.1, -0.05) is 49.8 Å². The van der Waals surface area contributed by atoms with Crippen molar-refractivity contribution in [3.05, 3.63) is 77.3 Å². The van der Waals surface area contributed by atoms with Gasteiger partial charge in [0.1, 0.15) is 6.29 Å². The van der Waals surface area contributed by atoms with Crippen LogP contribution in [0.15, 0.2) is 60.3 Å². The average Bonchev–Trinajstić information content (AvgIpc) is 2.98. The Bertz CT molecular complexity index is 960. The molecule has 1 aromatic carbocycles. The van der Waals surface area contributed by atoms with Crippen LogP contribution in [0.1, 0.15) is 47.9 Å². The molecule has 0 bridgehead atoms. The molecule has 0 spiro atoms. The molecule has 0 atom stereocenters. The largest absolute Gasteiger partial charge is 0.298 e. The van der Waals surface area contributed by atoms with E-state index >= 15 is 0 Å². The molecule has 0 aliphatic heterocycles. The van der Waals surface area contributed by atoms with Crippen molar-refractivity contribution < 1.29 is 4.79 Å². The molecule has 0 radical (unpaired) electrons. The van der Waals surface area contributed by atoms with E-state index in [1.807, 2.05) is 42.6 Å². The van der Waals surface area contributed by atoms with Crippen LogP contribution in [0.5, 0.6) is 0 Å². The molecule has 0 saturated carbocycles. The Morgan fingerprint density at radius 2 is 2.00 bits per heavy atom. The predicted molar refractivity (Wildman–Crippen MR) is 107 cm³/mol. The minimum Gasteiger partial charge on any atom is -0.298 e. The summed E-state index contributed by atoms with van der Waals surface area (Å²) in [7, 11) is 0. The number of hydrogen-bond donors (Lipinski definition) is 0. The van der Waals surface area contributed by atoms with Crippen LogP contribution in [-0.4, -0.2) is 16.3 Å². The molecular weight excluding hydrogens is 334 g/mol. The van der Waals surface area contributed by atoms with E-state index in [1.54, 1.807) is 12.1 Å². The lowest BCUT2D eigenvalue weighted by molar-refractivity contribution is 0.112. The van der Waals surface area contributed by atoms with Gasteiger partial charge >= 0.3 is 0 Å². The third-order valence-corrected chi connectivity index (χ3v) is 4.46. The van der Waals surface area contributed by atoms with E-state index in [9.17, 15) is 4.79 Å². The quantitative estimate of drug-likeness (QED) is 0.677. The fourth-order valence-corrected chi connectivity index (χ4v) is 2.94. The van der Waals surface area contributed by atoms with Crippen LogP contribution in [0.25, 0.3) is 16.8 Å². The Hall–Kier alpha value is -3.32. The van der Waals surface area contributed by atoms with E-state index in [-0.39, 0.29) is 0 Å². The lowest BCUT2D eigenvalue weighted by Gasteiger charge is -2.12. The van der Waals surface area contributed by atoms with Gasteiger partial charge in [-0.2, -0.15) is 5.26 Å². The van der Waals surface area contributed by atoms with E-state index in [0.29, 0.717) is 17.6 Å². The molecule has 1 heterocycles. The third-order valence-electron chi connectivity index (χ3n) is 4.46. The van der Waals surface area contributed by atoms with Crippen LogP contribution in [0.2, 0.25) is 0 Å². The van der Waals surface area contributed by atoms with Gasteiger partial charge in [-0.15, -0.1) is 0 Å². The zero-order valence-electron chi connectivity index (χ0n) is 15.4. The molecule has 0 N–H and O–H groups in total. The van der Waals surface area contributed by atoms with Crippen LogP contribution in [0.4, 0.5) is 0 Å². The maximum absolute atomic E-state index is 11.0. The fourth-order valence-electron chi connectivity index (χ4n) is 2.94. The number of rotatable bonds is 6. The third kappa shape index (κ3) is 4.45. The fraction of sp³-hybridized carbons (Fsp3) is 0.217. The second kappa shape index (κ2) is 8.86. The molecule has 0 fully saturated rings. The minimum atomic E-state index is 0.620. The number of hydrogen-bond acceptors (Lipinski definition) is 4. The van der Waals surface area contributed by atoms with Crippen molar-refractivity contribution in [2.24, 2.45) is 0 Å². The van der Waals surface area contributed by atoms with E-state index in [2.05, 4.69) is 13.0 Å². The van der Waals surface area contributed by atoms with Crippen molar-refractivity contribution in [3.8, 4) is 17.3 Å². The van der Waals surface area contributed by atoms with Crippen molar-refractivity contribution in [1.29, 1.82) is 5.26 Å². The van der Waals surface area contributed by atoms with Crippen LogP contribution in [0.3, 0.4) is 0 Å². The van der Waals surface area contributed by atoms with E-state index in [0.717, 1.165) is 53.8 Å². The summed E-state index contributed by atoms with van der Waals surface area (Å²) >= 11 is 0. The first-order chi connectivity index (χ1) is 13.2. The summed E-state index contributed by atoms with van der Waals surface area (Å²) in [5.41, 5.74) is 5.79. The Labute approximate surface area is 159 Å². The van der Waals surface area contributed by atoms with Crippen molar-refractivity contribution in [3.63, 3.8) is 0 Å². The average molecular weight is 355 g/mol. The molecular formula is C23H21N3O. The summed E-state index contributed by atoms with van der Waals surface area (Å²) < 4.78 is 0. The number of allylic oxidation sites excluding steroid dienone is 6. The molecule has 1 aromatic heterocycles. The number of nitrogens with zero attached hydrogens (tertiary/aromatic N) is 3. The number of carbonyl (C=O) groups is 1. The maximum atomic E-state index is 11.0. The Morgan fingerprint density at radius 3 is 2.70 bits per heavy atom. The second-order valence-corrected chi connectivity index (χ2v) is 6.43. The van der Waals surface area contributed by atoms with Crippen LogP contribution >= 0.6 is 0 Å². The van der Waals surface area contributed by atoms with Gasteiger partial charge in [0.05, 0.1) is 28.7 Å². The molecule has 1 aliphatic carbocycles. The van der Waals surface area contributed by atoms with E-state index in [4.69, 9.17) is 15.2 Å². The van der Waals surface area contributed by atoms with Gasteiger partial charge in [-0.05, 0) is 37.0 Å². The van der Waals surface area contributed by atoms with Crippen LogP contribution < -0.4 is 0 Å². The first kappa shape index (κ1) is 18.5. The summed E-state index contributed by atoms with van der Waals surface area (Å²) in [6.45, 7) is 2.16. The highest BCUT2D eigenvalue weighted by atomic mass is 16.1. The van der Waals surface area contributed by atoms with Gasteiger partial charge in [0.2, 0.25) is 0 Å². The van der Waals surface area contributed by atoms with Gasteiger partial charge in [-0.25, -0.2) is 4.98 Å². The Morgan fingerprint density at radius 1 is 1.19 bits per heavy atom. The SMILES string of the molecule is CCCCc1cnc(C2=CC=C(C#N)C=CC2)c(-c2ccc(C=O)cc2)n1. The number of aromatic nitrogens is 2. The highest BCUT2D eigenvalue weighted by molar-refractivity contribution is 5.81. The topological polar surface area (TPSA) is 66.6 Å². The second-order valence-electron chi connectivity index (χ2n) is 6.43.